The van der Waals surface area contributed by atoms with Crippen molar-refractivity contribution in [1.82, 2.24) is 4.98 Å². The zero-order chi connectivity index (χ0) is 23.8. The van der Waals surface area contributed by atoms with Gasteiger partial charge in [-0.05, 0) is 47.1 Å². The number of nitrogens with zero attached hydrogens (tertiary/aromatic N) is 2. The predicted octanol–water partition coefficient (Wildman–Crippen LogP) is 7.91. The van der Waals surface area contributed by atoms with Crippen LogP contribution in [0, 0.1) is 15.5 Å². The molecule has 0 aliphatic heterocycles. The maximum Gasteiger partial charge on any atom is 0.315 e. The molecule has 0 saturated carbocycles. The quantitative estimate of drug-likeness (QED) is 0.223. The summed E-state index contributed by atoms with van der Waals surface area (Å²) in [5, 5.41) is 11.7. The molecule has 0 amide bonds. The van der Waals surface area contributed by atoms with Crippen molar-refractivity contribution in [3.8, 4) is 23.0 Å². The highest BCUT2D eigenvalue weighted by atomic mass is 16.6. The van der Waals surface area contributed by atoms with E-state index in [0.29, 0.717) is 22.7 Å². The summed E-state index contributed by atoms with van der Waals surface area (Å²) in [6, 6.07) is 20.1. The van der Waals surface area contributed by atoms with Crippen LogP contribution in [-0.4, -0.2) is 9.91 Å². The van der Waals surface area contributed by atoms with E-state index in [0.717, 1.165) is 12.0 Å². The van der Waals surface area contributed by atoms with E-state index < -0.39 is 4.92 Å². The summed E-state index contributed by atoms with van der Waals surface area (Å²) >= 11 is 0. The van der Waals surface area contributed by atoms with Crippen molar-refractivity contribution >= 4 is 16.8 Å². The molecule has 33 heavy (non-hydrogen) atoms. The Morgan fingerprint density at radius 2 is 1.64 bits per heavy atom. The van der Waals surface area contributed by atoms with Gasteiger partial charge >= 0.3 is 5.69 Å². The summed E-state index contributed by atoms with van der Waals surface area (Å²) < 4.78 is 11.7. The second kappa shape index (κ2) is 8.35. The van der Waals surface area contributed by atoms with Crippen molar-refractivity contribution in [2.45, 2.75) is 46.5 Å². The Labute approximate surface area is 193 Å². The van der Waals surface area contributed by atoms with Gasteiger partial charge in [-0.2, -0.15) is 0 Å². The van der Waals surface area contributed by atoms with E-state index in [-0.39, 0.29) is 22.3 Å². The average molecular weight is 445 g/mol. The first-order valence-electron chi connectivity index (χ1n) is 10.9. The number of nitro groups is 1. The van der Waals surface area contributed by atoms with Crippen molar-refractivity contribution in [3.05, 3.63) is 82.4 Å². The number of hydrogen-bond acceptors (Lipinski definition) is 5. The summed E-state index contributed by atoms with van der Waals surface area (Å²) in [4.78, 5) is 15.7. The lowest BCUT2D eigenvalue weighted by atomic mass is 9.72. The smallest absolute Gasteiger partial charge is 0.315 e. The zero-order valence-electron chi connectivity index (χ0n) is 19.6. The summed E-state index contributed by atoms with van der Waals surface area (Å²) in [5.74, 6) is 1.06. The van der Waals surface area contributed by atoms with Crippen LogP contribution in [0.15, 0.2) is 71.1 Å². The van der Waals surface area contributed by atoms with Crippen LogP contribution in [0.4, 0.5) is 5.69 Å². The number of hydrogen-bond donors (Lipinski definition) is 0. The van der Waals surface area contributed by atoms with Gasteiger partial charge in [0.2, 0.25) is 11.6 Å². The van der Waals surface area contributed by atoms with Gasteiger partial charge in [0.05, 0.1) is 11.0 Å². The number of benzene rings is 3. The molecule has 0 fully saturated rings. The van der Waals surface area contributed by atoms with E-state index in [4.69, 9.17) is 9.15 Å². The largest absolute Gasteiger partial charge is 0.450 e. The third kappa shape index (κ3) is 5.06. The molecule has 0 bridgehead atoms. The highest BCUT2D eigenvalue weighted by Gasteiger charge is 2.27. The van der Waals surface area contributed by atoms with E-state index in [2.05, 4.69) is 39.6 Å². The number of aromatic nitrogens is 1. The molecule has 0 unspecified atom stereocenters. The monoisotopic (exact) mass is 444 g/mol. The summed E-state index contributed by atoms with van der Waals surface area (Å²) in [6.07, 6.45) is 1.03. The maximum absolute atomic E-state index is 11.7. The lowest BCUT2D eigenvalue weighted by Crippen LogP contribution is -2.24. The number of oxazole rings is 1. The fraction of sp³-hybridized carbons (Fsp3) is 0.296. The van der Waals surface area contributed by atoms with E-state index in [1.165, 1.54) is 11.6 Å². The van der Waals surface area contributed by atoms with Crippen LogP contribution in [0.3, 0.4) is 0 Å². The van der Waals surface area contributed by atoms with Crippen LogP contribution in [0.2, 0.25) is 0 Å². The Bertz CT molecular complexity index is 1280. The minimum Gasteiger partial charge on any atom is -0.450 e. The Morgan fingerprint density at radius 1 is 0.970 bits per heavy atom. The normalized spacial score (nSPS) is 12.2. The Balaban J connectivity index is 1.65. The van der Waals surface area contributed by atoms with Crippen molar-refractivity contribution < 1.29 is 14.1 Å². The van der Waals surface area contributed by atoms with Gasteiger partial charge in [-0.3, -0.25) is 10.1 Å². The minimum atomic E-state index is -0.472. The molecule has 6 nitrogen and oxygen atoms in total. The average Bonchev–Trinajstić information content (AvgIpc) is 3.15. The van der Waals surface area contributed by atoms with Crippen LogP contribution in [0.5, 0.6) is 11.5 Å². The van der Waals surface area contributed by atoms with E-state index in [9.17, 15) is 10.1 Å². The standard InChI is InChI=1S/C27H28N2O4/c1-26(2,3)17-27(4,5)19-11-13-20(14-12-19)32-24-15-21-23(16-22(24)29(30)31)33-25(28-21)18-9-7-6-8-10-18/h6-16H,17H2,1-5H3. The summed E-state index contributed by atoms with van der Waals surface area (Å²) in [7, 11) is 0. The maximum atomic E-state index is 11.7. The molecule has 4 rings (SSSR count). The van der Waals surface area contributed by atoms with Gasteiger partial charge in [0.15, 0.2) is 5.58 Å². The molecule has 0 aliphatic carbocycles. The Hall–Kier alpha value is -3.67. The van der Waals surface area contributed by atoms with Gasteiger partial charge < -0.3 is 9.15 Å². The molecule has 1 aromatic heterocycles. The van der Waals surface area contributed by atoms with E-state index in [1.807, 2.05) is 54.6 Å². The van der Waals surface area contributed by atoms with Crippen molar-refractivity contribution in [3.63, 3.8) is 0 Å². The topological polar surface area (TPSA) is 78.4 Å². The van der Waals surface area contributed by atoms with Gasteiger partial charge in [-0.15, -0.1) is 0 Å². The second-order valence-corrected chi connectivity index (χ2v) is 10.2. The first kappa shape index (κ1) is 22.5. The van der Waals surface area contributed by atoms with Gasteiger partial charge in [0.25, 0.3) is 0 Å². The predicted molar refractivity (Wildman–Crippen MR) is 130 cm³/mol. The number of fused-ring (bicyclic) bond motifs is 1. The molecule has 6 heteroatoms. The SMILES string of the molecule is CC(C)(C)CC(C)(C)c1ccc(Oc2cc3nc(-c4ccccc4)oc3cc2[N+](=O)[O-])cc1. The van der Waals surface area contributed by atoms with Crippen LogP contribution in [-0.2, 0) is 5.41 Å². The fourth-order valence-electron chi connectivity index (χ4n) is 4.40. The molecule has 170 valence electrons. The van der Waals surface area contributed by atoms with Crippen molar-refractivity contribution in [1.29, 1.82) is 0 Å². The highest BCUT2D eigenvalue weighted by Crippen LogP contribution is 2.39. The molecule has 3 aromatic carbocycles. The zero-order valence-corrected chi connectivity index (χ0v) is 19.6. The van der Waals surface area contributed by atoms with Crippen LogP contribution in [0.1, 0.15) is 46.6 Å². The molecule has 0 saturated heterocycles. The van der Waals surface area contributed by atoms with Crippen molar-refractivity contribution in [2.75, 3.05) is 0 Å². The van der Waals surface area contributed by atoms with Gasteiger partial charge in [0, 0.05) is 11.6 Å². The van der Waals surface area contributed by atoms with Crippen molar-refractivity contribution in [2.24, 2.45) is 5.41 Å². The first-order chi connectivity index (χ1) is 15.5. The molecular formula is C27H28N2O4. The lowest BCUT2D eigenvalue weighted by Gasteiger charge is -2.33. The summed E-state index contributed by atoms with van der Waals surface area (Å²) in [5.41, 5.74) is 2.85. The van der Waals surface area contributed by atoms with E-state index in [1.54, 1.807) is 6.07 Å². The van der Waals surface area contributed by atoms with Crippen LogP contribution >= 0.6 is 0 Å². The first-order valence-corrected chi connectivity index (χ1v) is 10.9. The van der Waals surface area contributed by atoms with Gasteiger partial charge in [0.1, 0.15) is 11.3 Å². The molecule has 1 heterocycles. The molecule has 0 N–H and O–H groups in total. The number of ether oxygens (including phenoxy) is 1. The minimum absolute atomic E-state index is 0.00373. The second-order valence-electron chi connectivity index (χ2n) is 10.2. The molecule has 4 aromatic rings. The molecule has 0 aliphatic rings. The van der Waals surface area contributed by atoms with Gasteiger partial charge in [-0.25, -0.2) is 4.98 Å². The summed E-state index contributed by atoms with van der Waals surface area (Å²) in [6.45, 7) is 11.1. The molecule has 0 radical (unpaired) electrons. The molecular weight excluding hydrogens is 416 g/mol. The van der Waals surface area contributed by atoms with Crippen LogP contribution < -0.4 is 4.74 Å². The third-order valence-corrected chi connectivity index (χ3v) is 5.52. The van der Waals surface area contributed by atoms with Crippen LogP contribution in [0.25, 0.3) is 22.6 Å². The number of nitro benzene ring substituents is 1. The third-order valence-electron chi connectivity index (χ3n) is 5.52. The Kier molecular flexibility index (Phi) is 5.70. The van der Waals surface area contributed by atoms with Gasteiger partial charge in [-0.1, -0.05) is 65.0 Å². The highest BCUT2D eigenvalue weighted by molar-refractivity contribution is 5.81. The lowest BCUT2D eigenvalue weighted by molar-refractivity contribution is -0.385. The molecule has 0 atom stereocenters. The number of rotatable bonds is 6. The molecule has 0 spiro atoms. The van der Waals surface area contributed by atoms with E-state index >= 15 is 0 Å². The Morgan fingerprint density at radius 3 is 2.24 bits per heavy atom. The fourth-order valence-corrected chi connectivity index (χ4v) is 4.40.